The summed E-state index contributed by atoms with van der Waals surface area (Å²) in [5.41, 5.74) is 0.485. The first kappa shape index (κ1) is 15.6. The lowest BCUT2D eigenvalue weighted by atomic mass is 10.1. The van der Waals surface area contributed by atoms with Crippen molar-refractivity contribution in [3.05, 3.63) is 47.1 Å². The Balaban J connectivity index is 2.02. The van der Waals surface area contributed by atoms with E-state index in [0.29, 0.717) is 23.7 Å². The minimum Gasteiger partial charge on any atom is -0.339 e. The predicted octanol–water partition coefficient (Wildman–Crippen LogP) is 2.87. The van der Waals surface area contributed by atoms with E-state index in [1.54, 1.807) is 0 Å². The number of aromatic nitrogens is 2. The Hall–Kier alpha value is -1.82. The molecule has 0 spiro atoms. The molecule has 4 nitrogen and oxygen atoms in total. The lowest BCUT2D eigenvalue weighted by Crippen LogP contribution is -2.30. The molecule has 1 N–H and O–H groups in total. The molecule has 1 atom stereocenters. The number of nitrogens with zero attached hydrogens (tertiary/aromatic N) is 2. The molecule has 1 unspecified atom stereocenters. The van der Waals surface area contributed by atoms with Crippen LogP contribution in [0.1, 0.15) is 37.5 Å². The lowest BCUT2D eigenvalue weighted by molar-refractivity contribution is 0.352. The molecule has 2 aromatic rings. The van der Waals surface area contributed by atoms with Crippen molar-refractivity contribution < 1.29 is 13.3 Å². The standard InChI is InChI=1S/C15H19F2N3O/c1-3-13(18-4-2)9-15-19-14(20-21-15)7-10-5-11(16)8-12(17)6-10/h5-6,8,13,18H,3-4,7,9H2,1-2H3. The Labute approximate surface area is 122 Å². The summed E-state index contributed by atoms with van der Waals surface area (Å²) >= 11 is 0. The zero-order valence-electron chi connectivity index (χ0n) is 12.2. The summed E-state index contributed by atoms with van der Waals surface area (Å²) in [6, 6.07) is 3.67. The highest BCUT2D eigenvalue weighted by molar-refractivity contribution is 5.21. The number of likely N-dealkylation sites (N-methyl/N-ethyl adjacent to an activating group) is 1. The van der Waals surface area contributed by atoms with Crippen LogP contribution in [0.2, 0.25) is 0 Å². The summed E-state index contributed by atoms with van der Waals surface area (Å²) in [5.74, 6) is -0.241. The first-order valence-corrected chi connectivity index (χ1v) is 7.10. The van der Waals surface area contributed by atoms with Crippen molar-refractivity contribution in [2.75, 3.05) is 6.54 Å². The van der Waals surface area contributed by atoms with Gasteiger partial charge in [0.25, 0.3) is 0 Å². The topological polar surface area (TPSA) is 51.0 Å². The van der Waals surface area contributed by atoms with E-state index >= 15 is 0 Å². The fourth-order valence-electron chi connectivity index (χ4n) is 2.20. The quantitative estimate of drug-likeness (QED) is 0.853. The lowest BCUT2D eigenvalue weighted by Gasteiger charge is -2.12. The van der Waals surface area contributed by atoms with Crippen LogP contribution < -0.4 is 5.32 Å². The second-order valence-corrected chi connectivity index (χ2v) is 4.93. The summed E-state index contributed by atoms with van der Waals surface area (Å²) in [4.78, 5) is 4.27. The van der Waals surface area contributed by atoms with Gasteiger partial charge in [0.05, 0.1) is 0 Å². The van der Waals surface area contributed by atoms with Gasteiger partial charge in [-0.05, 0) is 30.7 Å². The van der Waals surface area contributed by atoms with E-state index in [4.69, 9.17) is 4.52 Å². The molecule has 1 aromatic heterocycles. The number of hydrogen-bond donors (Lipinski definition) is 1. The highest BCUT2D eigenvalue weighted by Crippen LogP contribution is 2.12. The van der Waals surface area contributed by atoms with Crippen molar-refractivity contribution >= 4 is 0 Å². The van der Waals surface area contributed by atoms with E-state index < -0.39 is 11.6 Å². The van der Waals surface area contributed by atoms with Gasteiger partial charge in [-0.15, -0.1) is 0 Å². The number of hydrogen-bond acceptors (Lipinski definition) is 4. The van der Waals surface area contributed by atoms with Crippen molar-refractivity contribution in [3.63, 3.8) is 0 Å². The average Bonchev–Trinajstić information content (AvgIpc) is 2.84. The van der Waals surface area contributed by atoms with Crippen LogP contribution in [0.15, 0.2) is 22.7 Å². The molecule has 2 rings (SSSR count). The maximum absolute atomic E-state index is 13.1. The van der Waals surface area contributed by atoms with Crippen molar-refractivity contribution in [1.29, 1.82) is 0 Å². The molecule has 21 heavy (non-hydrogen) atoms. The zero-order chi connectivity index (χ0) is 15.2. The van der Waals surface area contributed by atoms with Gasteiger partial charge in [-0.3, -0.25) is 0 Å². The van der Waals surface area contributed by atoms with Crippen molar-refractivity contribution in [3.8, 4) is 0 Å². The summed E-state index contributed by atoms with van der Waals surface area (Å²) in [6.45, 7) is 5.00. The van der Waals surface area contributed by atoms with Crippen LogP contribution in [0.3, 0.4) is 0 Å². The largest absolute Gasteiger partial charge is 0.339 e. The average molecular weight is 295 g/mol. The van der Waals surface area contributed by atoms with Crippen molar-refractivity contribution in [1.82, 2.24) is 15.5 Å². The van der Waals surface area contributed by atoms with Gasteiger partial charge in [-0.1, -0.05) is 19.0 Å². The molecule has 114 valence electrons. The minimum atomic E-state index is -0.605. The van der Waals surface area contributed by atoms with Crippen LogP contribution in [0.4, 0.5) is 8.78 Å². The molecule has 6 heteroatoms. The molecule has 1 aromatic carbocycles. The monoisotopic (exact) mass is 295 g/mol. The maximum atomic E-state index is 13.1. The molecule has 1 heterocycles. The van der Waals surface area contributed by atoms with Crippen LogP contribution >= 0.6 is 0 Å². The summed E-state index contributed by atoms with van der Waals surface area (Å²) < 4.78 is 31.4. The van der Waals surface area contributed by atoms with Gasteiger partial charge in [-0.25, -0.2) is 8.78 Å². The van der Waals surface area contributed by atoms with E-state index in [9.17, 15) is 8.78 Å². The van der Waals surface area contributed by atoms with Gasteiger partial charge >= 0.3 is 0 Å². The number of nitrogens with one attached hydrogen (secondary N) is 1. The fraction of sp³-hybridized carbons (Fsp3) is 0.467. The van der Waals surface area contributed by atoms with Crippen molar-refractivity contribution in [2.45, 2.75) is 39.2 Å². The Kier molecular flexibility index (Phi) is 5.38. The van der Waals surface area contributed by atoms with Crippen LogP contribution in [-0.2, 0) is 12.8 Å². The third kappa shape index (κ3) is 4.60. The van der Waals surface area contributed by atoms with Gasteiger partial charge in [0.15, 0.2) is 5.82 Å². The molecule has 0 bridgehead atoms. The fourth-order valence-corrected chi connectivity index (χ4v) is 2.20. The molecule has 0 saturated heterocycles. The Morgan fingerprint density at radius 2 is 1.90 bits per heavy atom. The van der Waals surface area contributed by atoms with Gasteiger partial charge < -0.3 is 9.84 Å². The van der Waals surface area contributed by atoms with Crippen LogP contribution in [0, 0.1) is 11.6 Å². The van der Waals surface area contributed by atoms with Gasteiger partial charge in [0, 0.05) is 24.9 Å². The highest BCUT2D eigenvalue weighted by Gasteiger charge is 2.13. The SMILES string of the molecule is CCNC(CC)Cc1nc(Cc2cc(F)cc(F)c2)no1. The molecular weight excluding hydrogens is 276 g/mol. The summed E-state index contributed by atoms with van der Waals surface area (Å²) in [7, 11) is 0. The van der Waals surface area contributed by atoms with E-state index in [1.165, 1.54) is 12.1 Å². The minimum absolute atomic E-state index is 0.246. The number of halogens is 2. The van der Waals surface area contributed by atoms with Gasteiger partial charge in [0.2, 0.25) is 5.89 Å². The summed E-state index contributed by atoms with van der Waals surface area (Å²) in [5, 5.41) is 7.19. The normalized spacial score (nSPS) is 12.6. The molecule has 0 radical (unpaired) electrons. The molecule has 0 aliphatic heterocycles. The van der Waals surface area contributed by atoms with Gasteiger partial charge in [-0.2, -0.15) is 4.98 Å². The number of benzene rings is 1. The second kappa shape index (κ2) is 7.26. The Morgan fingerprint density at radius 1 is 1.19 bits per heavy atom. The van der Waals surface area contributed by atoms with Crippen LogP contribution in [0.5, 0.6) is 0 Å². The second-order valence-electron chi connectivity index (χ2n) is 4.93. The van der Waals surface area contributed by atoms with Crippen LogP contribution in [-0.4, -0.2) is 22.7 Å². The third-order valence-electron chi connectivity index (χ3n) is 3.20. The van der Waals surface area contributed by atoms with E-state index in [1.807, 2.05) is 6.92 Å². The molecular formula is C15H19F2N3O. The molecule has 0 fully saturated rings. The first-order valence-electron chi connectivity index (χ1n) is 7.10. The Morgan fingerprint density at radius 3 is 2.52 bits per heavy atom. The highest BCUT2D eigenvalue weighted by atomic mass is 19.1. The smallest absolute Gasteiger partial charge is 0.228 e. The maximum Gasteiger partial charge on any atom is 0.228 e. The van der Waals surface area contributed by atoms with E-state index in [0.717, 1.165) is 19.0 Å². The number of rotatable bonds is 7. The molecule has 0 aliphatic carbocycles. The molecule has 0 saturated carbocycles. The van der Waals surface area contributed by atoms with Crippen molar-refractivity contribution in [2.24, 2.45) is 0 Å². The predicted molar refractivity (Wildman–Crippen MR) is 74.9 cm³/mol. The van der Waals surface area contributed by atoms with Gasteiger partial charge in [0.1, 0.15) is 11.6 Å². The summed E-state index contributed by atoms with van der Waals surface area (Å²) in [6.07, 6.45) is 1.85. The first-order chi connectivity index (χ1) is 10.1. The molecule has 0 amide bonds. The van der Waals surface area contributed by atoms with E-state index in [-0.39, 0.29) is 12.5 Å². The Bertz CT molecular complexity index is 566. The van der Waals surface area contributed by atoms with E-state index in [2.05, 4.69) is 22.4 Å². The zero-order valence-corrected chi connectivity index (χ0v) is 12.2. The van der Waals surface area contributed by atoms with Crippen LogP contribution in [0.25, 0.3) is 0 Å². The third-order valence-corrected chi connectivity index (χ3v) is 3.20. The molecule has 0 aliphatic rings.